The van der Waals surface area contributed by atoms with Crippen LogP contribution in [0.2, 0.25) is 0 Å². The highest BCUT2D eigenvalue weighted by atomic mass is 16.2. The smallest absolute Gasteiger partial charge is 0.243 e. The van der Waals surface area contributed by atoms with Gasteiger partial charge in [0, 0.05) is 12.6 Å². The molecule has 2 saturated heterocycles. The molecule has 21 heavy (non-hydrogen) atoms. The van der Waals surface area contributed by atoms with Gasteiger partial charge in [-0.05, 0) is 20.8 Å². The molecule has 4 amide bonds. The fraction of sp³-hybridized carbons (Fsp3) is 0.692. The molecule has 0 aromatic carbocycles. The molecule has 0 bridgehead atoms. The lowest BCUT2D eigenvalue weighted by atomic mass is 10.1. The molecule has 2 N–H and O–H groups in total. The zero-order valence-electron chi connectivity index (χ0n) is 12.4. The zero-order valence-corrected chi connectivity index (χ0v) is 12.4. The first-order chi connectivity index (χ1) is 9.79. The van der Waals surface area contributed by atoms with Gasteiger partial charge in [-0.15, -0.1) is 0 Å². The number of rotatable bonds is 3. The van der Waals surface area contributed by atoms with Crippen LogP contribution >= 0.6 is 0 Å². The van der Waals surface area contributed by atoms with Gasteiger partial charge >= 0.3 is 0 Å². The second-order valence-electron chi connectivity index (χ2n) is 5.63. The quantitative estimate of drug-likeness (QED) is 0.589. The number of nitrogens with zero attached hydrogens (tertiary/aromatic N) is 2. The number of imide groups is 2. The fourth-order valence-corrected chi connectivity index (χ4v) is 2.71. The summed E-state index contributed by atoms with van der Waals surface area (Å²) < 4.78 is 0. The summed E-state index contributed by atoms with van der Waals surface area (Å²) in [5.74, 6) is -1.30. The van der Waals surface area contributed by atoms with E-state index < -0.39 is 12.1 Å². The lowest BCUT2D eigenvalue weighted by molar-refractivity contribution is -0.144. The molecular formula is C13H20N4O4. The van der Waals surface area contributed by atoms with Crippen molar-refractivity contribution >= 4 is 23.6 Å². The van der Waals surface area contributed by atoms with E-state index in [9.17, 15) is 19.2 Å². The number of carbonyl (C=O) groups is 4. The topological polar surface area (TPSA) is 98.8 Å². The number of hydrogen-bond donors (Lipinski definition) is 2. The number of nitrogens with one attached hydrogen (secondary N) is 2. The van der Waals surface area contributed by atoms with Crippen LogP contribution in [0.15, 0.2) is 0 Å². The highest BCUT2D eigenvalue weighted by Crippen LogP contribution is 2.13. The van der Waals surface area contributed by atoms with E-state index in [0.717, 1.165) is 0 Å². The maximum absolute atomic E-state index is 11.7. The van der Waals surface area contributed by atoms with Crippen molar-refractivity contribution in [2.45, 2.75) is 38.9 Å². The molecule has 2 aliphatic rings. The second kappa shape index (κ2) is 5.90. The van der Waals surface area contributed by atoms with Crippen LogP contribution in [0.4, 0.5) is 0 Å². The van der Waals surface area contributed by atoms with E-state index in [1.165, 1.54) is 0 Å². The van der Waals surface area contributed by atoms with Crippen molar-refractivity contribution in [1.29, 1.82) is 0 Å². The first kappa shape index (κ1) is 15.6. The van der Waals surface area contributed by atoms with Gasteiger partial charge in [-0.1, -0.05) is 0 Å². The minimum absolute atomic E-state index is 0.129. The van der Waals surface area contributed by atoms with Crippen LogP contribution in [-0.4, -0.2) is 71.2 Å². The first-order valence-electron chi connectivity index (χ1n) is 6.96. The van der Waals surface area contributed by atoms with E-state index >= 15 is 0 Å². The molecule has 2 aliphatic heterocycles. The van der Waals surface area contributed by atoms with Crippen LogP contribution in [-0.2, 0) is 19.2 Å². The molecule has 2 heterocycles. The number of hydrogen-bond acceptors (Lipinski definition) is 6. The summed E-state index contributed by atoms with van der Waals surface area (Å²) in [6.45, 7) is 6.05. The molecule has 0 radical (unpaired) electrons. The maximum Gasteiger partial charge on any atom is 0.243 e. The van der Waals surface area contributed by atoms with Crippen LogP contribution in [0, 0.1) is 0 Å². The summed E-state index contributed by atoms with van der Waals surface area (Å²) in [4.78, 5) is 49.8. The number of piperazine rings is 2. The maximum atomic E-state index is 11.7. The number of carbonyl (C=O) groups excluding carboxylic acids is 4. The zero-order chi connectivity index (χ0) is 15.7. The normalized spacial score (nSPS) is 30.0. The van der Waals surface area contributed by atoms with Crippen LogP contribution in [0.25, 0.3) is 0 Å². The van der Waals surface area contributed by atoms with E-state index in [4.69, 9.17) is 0 Å². The Balaban J connectivity index is 2.04. The van der Waals surface area contributed by atoms with Gasteiger partial charge in [0.2, 0.25) is 23.6 Å². The molecule has 0 spiro atoms. The average molecular weight is 296 g/mol. The predicted molar refractivity (Wildman–Crippen MR) is 73.0 cm³/mol. The van der Waals surface area contributed by atoms with Gasteiger partial charge in [-0.3, -0.25) is 39.6 Å². The van der Waals surface area contributed by atoms with Crippen LogP contribution < -0.4 is 10.6 Å². The van der Waals surface area contributed by atoms with Crippen molar-refractivity contribution in [2.24, 2.45) is 0 Å². The van der Waals surface area contributed by atoms with Gasteiger partial charge in [-0.2, -0.15) is 0 Å². The molecule has 116 valence electrons. The van der Waals surface area contributed by atoms with Crippen molar-refractivity contribution < 1.29 is 19.2 Å². The second-order valence-corrected chi connectivity index (χ2v) is 5.63. The van der Waals surface area contributed by atoms with Crippen LogP contribution in [0.1, 0.15) is 20.8 Å². The third kappa shape index (κ3) is 3.27. The van der Waals surface area contributed by atoms with Crippen LogP contribution in [0.3, 0.4) is 0 Å². The first-order valence-corrected chi connectivity index (χ1v) is 6.96. The Morgan fingerprint density at radius 2 is 1.52 bits per heavy atom. The fourth-order valence-electron chi connectivity index (χ4n) is 2.71. The minimum Gasteiger partial charge on any atom is -0.294 e. The van der Waals surface area contributed by atoms with Gasteiger partial charge < -0.3 is 0 Å². The Morgan fingerprint density at radius 3 is 2.14 bits per heavy atom. The van der Waals surface area contributed by atoms with Gasteiger partial charge in [0.25, 0.3) is 0 Å². The summed E-state index contributed by atoms with van der Waals surface area (Å²) in [6, 6.07) is -0.951. The largest absolute Gasteiger partial charge is 0.294 e. The van der Waals surface area contributed by atoms with E-state index in [-0.39, 0.29) is 42.8 Å². The molecule has 0 saturated carbocycles. The van der Waals surface area contributed by atoms with Gasteiger partial charge in [-0.25, -0.2) is 0 Å². The monoisotopic (exact) mass is 296 g/mol. The predicted octanol–water partition coefficient (Wildman–Crippen LogP) is -1.93. The summed E-state index contributed by atoms with van der Waals surface area (Å²) in [5, 5.41) is 4.57. The highest BCUT2D eigenvalue weighted by molar-refractivity contribution is 6.01. The summed E-state index contributed by atoms with van der Waals surface area (Å²) in [7, 11) is 0. The van der Waals surface area contributed by atoms with Crippen LogP contribution in [0.5, 0.6) is 0 Å². The lowest BCUT2D eigenvalue weighted by Crippen LogP contribution is -2.63. The molecule has 0 aromatic rings. The standard InChI is InChI=1S/C13H20N4O4/c1-7(17-6-11(19)15-13(21)9(17)3)4-16-5-10(18)14-12(20)8(16)2/h7-9H,4-6H2,1-3H3,(H,14,18,20)(H,15,19,21). The Hall–Kier alpha value is -1.80. The lowest BCUT2D eigenvalue weighted by Gasteiger charge is -2.40. The summed E-state index contributed by atoms with van der Waals surface area (Å²) >= 11 is 0. The molecular weight excluding hydrogens is 276 g/mol. The van der Waals surface area contributed by atoms with Gasteiger partial charge in [0.15, 0.2) is 0 Å². The SMILES string of the molecule is CC1C(=O)NC(=O)CN1CC(C)N1CC(=O)NC(=O)C1C. The van der Waals surface area contributed by atoms with E-state index in [2.05, 4.69) is 10.6 Å². The molecule has 0 aliphatic carbocycles. The molecule has 3 atom stereocenters. The Morgan fingerprint density at radius 1 is 1.00 bits per heavy atom. The summed E-state index contributed by atoms with van der Waals surface area (Å²) in [6.07, 6.45) is 0. The minimum atomic E-state index is -0.415. The van der Waals surface area contributed by atoms with Gasteiger partial charge in [0.1, 0.15) is 0 Å². The van der Waals surface area contributed by atoms with Crippen molar-refractivity contribution in [2.75, 3.05) is 19.6 Å². The third-order valence-corrected chi connectivity index (χ3v) is 4.07. The van der Waals surface area contributed by atoms with Crippen molar-refractivity contribution in [1.82, 2.24) is 20.4 Å². The van der Waals surface area contributed by atoms with E-state index in [0.29, 0.717) is 6.54 Å². The third-order valence-electron chi connectivity index (χ3n) is 4.07. The Labute approximate surface area is 122 Å². The molecule has 8 heteroatoms. The molecule has 2 rings (SSSR count). The Kier molecular flexibility index (Phi) is 4.38. The van der Waals surface area contributed by atoms with Gasteiger partial charge in [0.05, 0.1) is 25.2 Å². The Bertz CT molecular complexity index is 493. The van der Waals surface area contributed by atoms with E-state index in [1.807, 2.05) is 6.92 Å². The molecule has 0 aromatic heterocycles. The summed E-state index contributed by atoms with van der Waals surface area (Å²) in [5.41, 5.74) is 0. The van der Waals surface area contributed by atoms with Crippen molar-refractivity contribution in [3.05, 3.63) is 0 Å². The molecule has 8 nitrogen and oxygen atoms in total. The average Bonchev–Trinajstić information content (AvgIpc) is 2.39. The highest BCUT2D eigenvalue weighted by Gasteiger charge is 2.36. The molecule has 3 unspecified atom stereocenters. The molecule has 2 fully saturated rings. The van der Waals surface area contributed by atoms with Crippen molar-refractivity contribution in [3.63, 3.8) is 0 Å². The van der Waals surface area contributed by atoms with Crippen molar-refractivity contribution in [3.8, 4) is 0 Å². The van der Waals surface area contributed by atoms with E-state index in [1.54, 1.807) is 23.6 Å². The number of amides is 4.